The van der Waals surface area contributed by atoms with Crippen molar-refractivity contribution in [1.82, 2.24) is 10.2 Å². The van der Waals surface area contributed by atoms with Gasteiger partial charge < -0.3 is 10.1 Å². The van der Waals surface area contributed by atoms with Crippen LogP contribution in [-0.2, 0) is 11.2 Å². The van der Waals surface area contributed by atoms with E-state index in [4.69, 9.17) is 4.74 Å². The van der Waals surface area contributed by atoms with Crippen molar-refractivity contribution in [3.8, 4) is 5.75 Å². The van der Waals surface area contributed by atoms with E-state index in [1.807, 2.05) is 17.5 Å². The summed E-state index contributed by atoms with van der Waals surface area (Å²) < 4.78 is 33.2. The number of rotatable bonds is 6. The van der Waals surface area contributed by atoms with Crippen molar-refractivity contribution in [3.63, 3.8) is 0 Å². The van der Waals surface area contributed by atoms with E-state index >= 15 is 0 Å². The standard InChI is InChI=1S/C22H17F2N3O2S/c1-29-21-7-5-13(9-17(21)24)4-6-18-15-11-20(16(23)12-19(15)27-26-18)25-22(28)10-14-3-2-8-30-14/h2-9,11-12H,10H2,1H3,(H,25,28)(H,26,27)/b6-4+. The van der Waals surface area contributed by atoms with Crippen LogP contribution in [0.2, 0.25) is 0 Å². The summed E-state index contributed by atoms with van der Waals surface area (Å²) in [5, 5.41) is 12.1. The first kappa shape index (κ1) is 19.8. The van der Waals surface area contributed by atoms with Crippen LogP contribution < -0.4 is 10.1 Å². The van der Waals surface area contributed by atoms with Gasteiger partial charge in [0.05, 0.1) is 30.4 Å². The topological polar surface area (TPSA) is 67.0 Å². The van der Waals surface area contributed by atoms with E-state index in [0.717, 1.165) is 4.88 Å². The molecule has 0 radical (unpaired) electrons. The fraction of sp³-hybridized carbons (Fsp3) is 0.0909. The highest BCUT2D eigenvalue weighted by molar-refractivity contribution is 7.10. The molecule has 30 heavy (non-hydrogen) atoms. The first-order valence-electron chi connectivity index (χ1n) is 9.05. The number of nitrogens with zero attached hydrogens (tertiary/aromatic N) is 1. The van der Waals surface area contributed by atoms with E-state index in [2.05, 4.69) is 15.5 Å². The van der Waals surface area contributed by atoms with Crippen LogP contribution in [0.4, 0.5) is 14.5 Å². The fourth-order valence-corrected chi connectivity index (χ4v) is 3.71. The number of ether oxygens (including phenoxy) is 1. The van der Waals surface area contributed by atoms with Crippen molar-refractivity contribution in [2.75, 3.05) is 12.4 Å². The highest BCUT2D eigenvalue weighted by Crippen LogP contribution is 2.26. The second-order valence-corrected chi connectivity index (χ2v) is 7.55. The number of nitrogens with one attached hydrogen (secondary N) is 2. The fourth-order valence-electron chi connectivity index (χ4n) is 3.01. The Hall–Kier alpha value is -3.52. The van der Waals surface area contributed by atoms with Crippen LogP contribution in [0.15, 0.2) is 47.8 Å². The molecule has 0 saturated carbocycles. The summed E-state index contributed by atoms with van der Waals surface area (Å²) in [5.41, 5.74) is 1.73. The molecule has 0 fully saturated rings. The van der Waals surface area contributed by atoms with Gasteiger partial charge >= 0.3 is 0 Å². The Bertz CT molecular complexity index is 1230. The number of amides is 1. The molecule has 152 valence electrons. The van der Waals surface area contributed by atoms with Crippen LogP contribution in [0.3, 0.4) is 0 Å². The largest absolute Gasteiger partial charge is 0.494 e. The van der Waals surface area contributed by atoms with Gasteiger partial charge in [-0.25, -0.2) is 8.78 Å². The van der Waals surface area contributed by atoms with E-state index in [1.54, 1.807) is 18.2 Å². The lowest BCUT2D eigenvalue weighted by atomic mass is 10.1. The maximum absolute atomic E-state index is 14.4. The molecular formula is C22H17F2N3O2S. The Kier molecular flexibility index (Phi) is 5.58. The Morgan fingerprint density at radius 2 is 2.07 bits per heavy atom. The van der Waals surface area contributed by atoms with Crippen LogP contribution in [0.5, 0.6) is 5.75 Å². The zero-order chi connectivity index (χ0) is 21.1. The number of hydrogen-bond donors (Lipinski definition) is 2. The lowest BCUT2D eigenvalue weighted by Gasteiger charge is -2.06. The minimum absolute atomic E-state index is 0.0793. The number of methoxy groups -OCH3 is 1. The summed E-state index contributed by atoms with van der Waals surface area (Å²) >= 11 is 1.47. The number of benzene rings is 2. The predicted molar refractivity (Wildman–Crippen MR) is 115 cm³/mol. The van der Waals surface area contributed by atoms with Crippen molar-refractivity contribution >= 4 is 46.0 Å². The normalized spacial score (nSPS) is 11.3. The monoisotopic (exact) mass is 425 g/mol. The maximum atomic E-state index is 14.4. The Balaban J connectivity index is 1.58. The first-order valence-corrected chi connectivity index (χ1v) is 9.93. The predicted octanol–water partition coefficient (Wildman–Crippen LogP) is 5.26. The molecule has 2 aromatic heterocycles. The van der Waals surface area contributed by atoms with Gasteiger partial charge in [-0.3, -0.25) is 9.89 Å². The quantitative estimate of drug-likeness (QED) is 0.443. The SMILES string of the molecule is COc1ccc(/C=C/c2n[nH]c3cc(F)c(NC(=O)Cc4cccs4)cc23)cc1F. The number of aromatic amines is 1. The van der Waals surface area contributed by atoms with Crippen LogP contribution in [0.1, 0.15) is 16.1 Å². The maximum Gasteiger partial charge on any atom is 0.229 e. The van der Waals surface area contributed by atoms with Gasteiger partial charge in [0.25, 0.3) is 0 Å². The van der Waals surface area contributed by atoms with Crippen molar-refractivity contribution in [1.29, 1.82) is 0 Å². The molecule has 4 rings (SSSR count). The third-order valence-corrected chi connectivity index (χ3v) is 5.35. The van der Waals surface area contributed by atoms with E-state index < -0.39 is 11.6 Å². The van der Waals surface area contributed by atoms with E-state index in [9.17, 15) is 13.6 Å². The Morgan fingerprint density at radius 3 is 2.80 bits per heavy atom. The lowest BCUT2D eigenvalue weighted by molar-refractivity contribution is -0.115. The number of H-pyrrole nitrogens is 1. The Labute approximate surface area is 175 Å². The van der Waals surface area contributed by atoms with Gasteiger partial charge in [-0.15, -0.1) is 11.3 Å². The van der Waals surface area contributed by atoms with Gasteiger partial charge in [-0.2, -0.15) is 5.10 Å². The second-order valence-electron chi connectivity index (χ2n) is 6.52. The summed E-state index contributed by atoms with van der Waals surface area (Å²) in [5.74, 6) is -1.16. The highest BCUT2D eigenvalue weighted by Gasteiger charge is 2.13. The molecule has 0 spiro atoms. The smallest absolute Gasteiger partial charge is 0.229 e. The number of anilines is 1. The van der Waals surface area contributed by atoms with Crippen molar-refractivity contribution in [3.05, 3.63) is 75.6 Å². The molecule has 2 N–H and O–H groups in total. The van der Waals surface area contributed by atoms with Gasteiger partial charge in [-0.05, 0) is 41.3 Å². The molecule has 0 unspecified atom stereocenters. The van der Waals surface area contributed by atoms with Gasteiger partial charge in [0.15, 0.2) is 11.6 Å². The summed E-state index contributed by atoms with van der Waals surface area (Å²) in [6.07, 6.45) is 3.56. The van der Waals surface area contributed by atoms with Crippen molar-refractivity contribution < 1.29 is 18.3 Å². The third-order valence-electron chi connectivity index (χ3n) is 4.48. The molecule has 2 heterocycles. The molecule has 5 nitrogen and oxygen atoms in total. The van der Waals surface area contributed by atoms with Crippen LogP contribution >= 0.6 is 11.3 Å². The van der Waals surface area contributed by atoms with E-state index in [1.165, 1.54) is 42.7 Å². The van der Waals surface area contributed by atoms with Crippen molar-refractivity contribution in [2.45, 2.75) is 6.42 Å². The first-order chi connectivity index (χ1) is 14.5. The average Bonchev–Trinajstić information content (AvgIpc) is 3.36. The third kappa shape index (κ3) is 4.23. The number of aromatic nitrogens is 2. The van der Waals surface area contributed by atoms with Gasteiger partial charge in [0, 0.05) is 16.3 Å². The second kappa shape index (κ2) is 8.46. The summed E-state index contributed by atoms with van der Waals surface area (Å²) in [7, 11) is 1.40. The number of fused-ring (bicyclic) bond motifs is 1. The highest BCUT2D eigenvalue weighted by atomic mass is 32.1. The van der Waals surface area contributed by atoms with Crippen LogP contribution in [0.25, 0.3) is 23.1 Å². The van der Waals surface area contributed by atoms with Crippen LogP contribution in [-0.4, -0.2) is 23.2 Å². The number of carbonyl (C=O) groups is 1. The number of hydrogen-bond acceptors (Lipinski definition) is 4. The minimum Gasteiger partial charge on any atom is -0.494 e. The summed E-state index contributed by atoms with van der Waals surface area (Å²) in [4.78, 5) is 13.1. The van der Waals surface area contributed by atoms with Gasteiger partial charge in [0.2, 0.25) is 5.91 Å². The molecule has 0 bridgehead atoms. The number of halogens is 2. The molecular weight excluding hydrogens is 408 g/mol. The molecule has 0 aliphatic carbocycles. The zero-order valence-electron chi connectivity index (χ0n) is 15.9. The molecule has 0 atom stereocenters. The van der Waals surface area contributed by atoms with Crippen molar-refractivity contribution in [2.24, 2.45) is 0 Å². The van der Waals surface area contributed by atoms with Crippen LogP contribution in [0, 0.1) is 11.6 Å². The zero-order valence-corrected chi connectivity index (χ0v) is 16.7. The average molecular weight is 425 g/mol. The molecule has 8 heteroatoms. The number of thiophene rings is 1. The minimum atomic E-state index is -0.557. The van der Waals surface area contributed by atoms with Gasteiger partial charge in [-0.1, -0.05) is 18.2 Å². The molecule has 2 aromatic carbocycles. The molecule has 0 saturated heterocycles. The molecule has 1 amide bonds. The molecule has 0 aliphatic heterocycles. The lowest BCUT2D eigenvalue weighted by Crippen LogP contribution is -2.14. The van der Waals surface area contributed by atoms with E-state index in [0.29, 0.717) is 22.2 Å². The van der Waals surface area contributed by atoms with Gasteiger partial charge in [0.1, 0.15) is 5.82 Å². The Morgan fingerprint density at radius 1 is 1.20 bits per heavy atom. The van der Waals surface area contributed by atoms with E-state index in [-0.39, 0.29) is 23.8 Å². The summed E-state index contributed by atoms with van der Waals surface area (Å²) in [6, 6.07) is 11.1. The molecule has 4 aromatic rings. The molecule has 0 aliphatic rings. The summed E-state index contributed by atoms with van der Waals surface area (Å²) in [6.45, 7) is 0. The number of carbonyl (C=O) groups excluding carboxylic acids is 1.